The third kappa shape index (κ3) is 4.76. The molecule has 2 nitrogen and oxygen atoms in total. The second-order valence-corrected chi connectivity index (χ2v) is 6.95. The molecule has 2 heteroatoms. The number of hydrogen-bond donors (Lipinski definition) is 0. The van der Waals surface area contributed by atoms with Crippen molar-refractivity contribution in [2.45, 2.75) is 27.2 Å². The minimum Gasteiger partial charge on any atom is -0.298 e. The van der Waals surface area contributed by atoms with Crippen molar-refractivity contribution in [3.8, 4) is 0 Å². The van der Waals surface area contributed by atoms with Crippen LogP contribution in [0, 0.1) is 11.3 Å². The van der Waals surface area contributed by atoms with E-state index in [9.17, 15) is 9.59 Å². The van der Waals surface area contributed by atoms with Gasteiger partial charge in [-0.3, -0.25) is 9.59 Å². The van der Waals surface area contributed by atoms with Gasteiger partial charge in [-0.15, -0.1) is 0 Å². The van der Waals surface area contributed by atoms with Crippen molar-refractivity contribution in [1.29, 1.82) is 0 Å². The summed E-state index contributed by atoms with van der Waals surface area (Å²) in [6.07, 6.45) is 4.30. The largest absolute Gasteiger partial charge is 0.298 e. The maximum absolute atomic E-state index is 12.8. The molecule has 0 aliphatic heterocycles. The van der Waals surface area contributed by atoms with Gasteiger partial charge in [0.05, 0.1) is 5.92 Å². The van der Waals surface area contributed by atoms with E-state index in [0.717, 1.165) is 5.56 Å². The minimum atomic E-state index is -0.646. The van der Waals surface area contributed by atoms with E-state index in [0.29, 0.717) is 12.0 Å². The average molecular weight is 320 g/mol. The zero-order valence-corrected chi connectivity index (χ0v) is 14.5. The topological polar surface area (TPSA) is 34.1 Å². The van der Waals surface area contributed by atoms with Crippen LogP contribution in [0.5, 0.6) is 0 Å². The van der Waals surface area contributed by atoms with E-state index in [1.165, 1.54) is 0 Å². The molecule has 2 aromatic carbocycles. The predicted molar refractivity (Wildman–Crippen MR) is 98.8 cm³/mol. The van der Waals surface area contributed by atoms with Crippen LogP contribution in [0.25, 0.3) is 6.08 Å². The van der Waals surface area contributed by atoms with Gasteiger partial charge < -0.3 is 0 Å². The molecule has 0 aliphatic rings. The first-order valence-corrected chi connectivity index (χ1v) is 8.25. The maximum atomic E-state index is 12.8. The summed E-state index contributed by atoms with van der Waals surface area (Å²) >= 11 is 0. The number of carbonyl (C=O) groups excluding carboxylic acids is 2. The van der Waals surface area contributed by atoms with E-state index < -0.39 is 11.3 Å². The highest BCUT2D eigenvalue weighted by Crippen LogP contribution is 2.26. The molecule has 1 unspecified atom stereocenters. The van der Waals surface area contributed by atoms with Crippen LogP contribution >= 0.6 is 0 Å². The number of rotatable bonds is 6. The van der Waals surface area contributed by atoms with Crippen LogP contribution in [-0.2, 0) is 4.79 Å². The Hall–Kier alpha value is -2.48. The summed E-state index contributed by atoms with van der Waals surface area (Å²) in [6, 6.07) is 18.9. The standard InChI is InChI=1S/C22H24O2/c1-22(2,3)21(24)19(20(23)18-14-8-5-9-15-18)16-10-13-17-11-6-4-7-12-17/h4-15,19H,16H2,1-3H3/b13-10+. The van der Waals surface area contributed by atoms with Gasteiger partial charge in [-0.2, -0.15) is 0 Å². The molecular weight excluding hydrogens is 296 g/mol. The summed E-state index contributed by atoms with van der Waals surface area (Å²) in [7, 11) is 0. The highest BCUT2D eigenvalue weighted by molar-refractivity contribution is 6.12. The Kier molecular flexibility index (Phi) is 5.86. The van der Waals surface area contributed by atoms with Crippen molar-refractivity contribution >= 4 is 17.6 Å². The molecule has 24 heavy (non-hydrogen) atoms. The predicted octanol–water partition coefficient (Wildman–Crippen LogP) is 5.20. The molecule has 0 fully saturated rings. The minimum absolute atomic E-state index is 0.0194. The molecule has 0 saturated heterocycles. The third-order valence-corrected chi connectivity index (χ3v) is 3.91. The lowest BCUT2D eigenvalue weighted by atomic mass is 9.78. The van der Waals surface area contributed by atoms with Crippen LogP contribution in [0.3, 0.4) is 0 Å². The molecule has 0 heterocycles. The van der Waals surface area contributed by atoms with Gasteiger partial charge in [0.25, 0.3) is 0 Å². The summed E-state index contributed by atoms with van der Waals surface area (Å²) in [4.78, 5) is 25.6. The fourth-order valence-corrected chi connectivity index (χ4v) is 2.56. The summed E-state index contributed by atoms with van der Waals surface area (Å²) in [5, 5.41) is 0. The van der Waals surface area contributed by atoms with Crippen LogP contribution in [0.4, 0.5) is 0 Å². The van der Waals surface area contributed by atoms with Gasteiger partial charge >= 0.3 is 0 Å². The molecule has 2 rings (SSSR count). The molecule has 0 N–H and O–H groups in total. The first kappa shape index (κ1) is 17.9. The van der Waals surface area contributed by atoms with Crippen molar-refractivity contribution in [1.82, 2.24) is 0 Å². The Bertz CT molecular complexity index is 707. The maximum Gasteiger partial charge on any atom is 0.173 e. The number of carbonyl (C=O) groups is 2. The fourth-order valence-electron chi connectivity index (χ4n) is 2.56. The van der Waals surface area contributed by atoms with Crippen molar-refractivity contribution in [3.05, 3.63) is 77.9 Å². The summed E-state index contributed by atoms with van der Waals surface area (Å²) in [6.45, 7) is 5.59. The molecule has 124 valence electrons. The molecule has 0 aromatic heterocycles. The van der Waals surface area contributed by atoms with E-state index in [2.05, 4.69) is 0 Å². The van der Waals surface area contributed by atoms with Crippen LogP contribution in [0.1, 0.15) is 43.1 Å². The van der Waals surface area contributed by atoms with Crippen molar-refractivity contribution in [2.75, 3.05) is 0 Å². The van der Waals surface area contributed by atoms with Gasteiger partial charge in [-0.25, -0.2) is 0 Å². The van der Waals surface area contributed by atoms with Gasteiger partial charge in [0, 0.05) is 11.0 Å². The summed E-state index contributed by atoms with van der Waals surface area (Å²) in [5.41, 5.74) is 1.11. The second kappa shape index (κ2) is 7.87. The zero-order chi connectivity index (χ0) is 17.6. The van der Waals surface area contributed by atoms with Crippen LogP contribution < -0.4 is 0 Å². The van der Waals surface area contributed by atoms with Crippen LogP contribution in [0.15, 0.2) is 66.7 Å². The molecule has 0 aliphatic carbocycles. The molecule has 1 atom stereocenters. The lowest BCUT2D eigenvalue weighted by Gasteiger charge is -2.23. The number of ketones is 2. The monoisotopic (exact) mass is 320 g/mol. The van der Waals surface area contributed by atoms with E-state index in [4.69, 9.17) is 0 Å². The molecule has 0 radical (unpaired) electrons. The first-order chi connectivity index (χ1) is 11.4. The van der Waals surface area contributed by atoms with Gasteiger partial charge in [0.2, 0.25) is 0 Å². The molecule has 2 aromatic rings. The van der Waals surface area contributed by atoms with Crippen molar-refractivity contribution in [2.24, 2.45) is 11.3 Å². The number of hydrogen-bond acceptors (Lipinski definition) is 2. The van der Waals surface area contributed by atoms with Gasteiger partial charge in [0.1, 0.15) is 5.78 Å². The Labute approximate surface area is 144 Å². The normalized spacial score (nSPS) is 13.0. The van der Waals surface area contributed by atoms with Crippen LogP contribution in [0.2, 0.25) is 0 Å². The Morgan fingerprint density at radius 2 is 1.46 bits per heavy atom. The first-order valence-electron chi connectivity index (χ1n) is 8.25. The zero-order valence-electron chi connectivity index (χ0n) is 14.5. The lowest BCUT2D eigenvalue weighted by Crippen LogP contribution is -2.33. The molecule has 0 saturated carbocycles. The third-order valence-electron chi connectivity index (χ3n) is 3.91. The van der Waals surface area contributed by atoms with E-state index in [1.54, 1.807) is 12.1 Å². The quantitative estimate of drug-likeness (QED) is 0.541. The van der Waals surface area contributed by atoms with Gasteiger partial charge in [-0.05, 0) is 12.0 Å². The smallest absolute Gasteiger partial charge is 0.173 e. The van der Waals surface area contributed by atoms with E-state index >= 15 is 0 Å². The average Bonchev–Trinajstić information content (AvgIpc) is 2.58. The highest BCUT2D eigenvalue weighted by Gasteiger charge is 2.34. The van der Waals surface area contributed by atoms with Gasteiger partial charge in [0.15, 0.2) is 5.78 Å². The molecule has 0 bridgehead atoms. The Morgan fingerprint density at radius 1 is 0.917 bits per heavy atom. The summed E-state index contributed by atoms with van der Waals surface area (Å²) in [5.74, 6) is -0.769. The van der Waals surface area contributed by atoms with Gasteiger partial charge in [-0.1, -0.05) is 93.6 Å². The lowest BCUT2D eigenvalue weighted by molar-refractivity contribution is -0.128. The van der Waals surface area contributed by atoms with Crippen molar-refractivity contribution < 1.29 is 9.59 Å². The highest BCUT2D eigenvalue weighted by atomic mass is 16.2. The summed E-state index contributed by atoms with van der Waals surface area (Å²) < 4.78 is 0. The van der Waals surface area contributed by atoms with Crippen molar-refractivity contribution in [3.63, 3.8) is 0 Å². The number of benzene rings is 2. The Morgan fingerprint density at radius 3 is 2.00 bits per heavy atom. The molecular formula is C22H24O2. The fraction of sp³-hybridized carbons (Fsp3) is 0.273. The number of Topliss-reactive ketones (excluding diaryl/α,β-unsaturated/α-hetero) is 2. The van der Waals surface area contributed by atoms with E-state index in [-0.39, 0.29) is 11.6 Å². The SMILES string of the molecule is CC(C)(C)C(=O)C(C/C=C/c1ccccc1)C(=O)c1ccccc1. The second-order valence-electron chi connectivity index (χ2n) is 6.95. The number of allylic oxidation sites excluding steroid dienone is 1. The Balaban J connectivity index is 2.22. The van der Waals surface area contributed by atoms with E-state index in [1.807, 2.05) is 81.5 Å². The van der Waals surface area contributed by atoms with Crippen LogP contribution in [-0.4, -0.2) is 11.6 Å². The molecule has 0 amide bonds. The molecule has 0 spiro atoms.